The molecule has 0 aliphatic heterocycles. The molecule has 0 saturated heterocycles. The fourth-order valence-electron chi connectivity index (χ4n) is 2.79. The molecule has 4 aromatic rings. The van der Waals surface area contributed by atoms with Gasteiger partial charge in [0.1, 0.15) is 0 Å². The number of aromatic nitrogens is 3. The minimum absolute atomic E-state index is 0.0273. The number of rotatable bonds is 5. The van der Waals surface area contributed by atoms with Gasteiger partial charge in [-0.1, -0.05) is 30.3 Å². The number of nitrogens with zero attached hydrogens (tertiary/aromatic N) is 4. The number of thiophene rings is 1. The number of hydrogen-bond acceptors (Lipinski definition) is 6. The highest BCUT2D eigenvalue weighted by molar-refractivity contribution is 7.13. The Morgan fingerprint density at radius 1 is 1.14 bits per heavy atom. The quantitative estimate of drug-likeness (QED) is 0.390. The summed E-state index contributed by atoms with van der Waals surface area (Å²) in [4.78, 5) is 28.7. The summed E-state index contributed by atoms with van der Waals surface area (Å²) in [5, 5.41) is 20.1. The van der Waals surface area contributed by atoms with Crippen molar-refractivity contribution in [1.29, 1.82) is 0 Å². The van der Waals surface area contributed by atoms with Crippen molar-refractivity contribution in [3.8, 4) is 16.4 Å². The second kappa shape index (κ2) is 7.64. The number of carbonyl (C=O) groups is 1. The van der Waals surface area contributed by atoms with Gasteiger partial charge in [-0.3, -0.25) is 14.9 Å². The number of benzene rings is 2. The van der Waals surface area contributed by atoms with E-state index in [-0.39, 0.29) is 11.5 Å². The van der Waals surface area contributed by atoms with Crippen molar-refractivity contribution >= 4 is 28.6 Å². The van der Waals surface area contributed by atoms with Crippen molar-refractivity contribution in [1.82, 2.24) is 14.8 Å². The van der Waals surface area contributed by atoms with E-state index in [4.69, 9.17) is 0 Å². The molecule has 0 aliphatic rings. The maximum absolute atomic E-state index is 12.7. The van der Waals surface area contributed by atoms with Gasteiger partial charge in [0.25, 0.3) is 11.6 Å². The lowest BCUT2D eigenvalue weighted by Gasteiger charge is -2.04. The molecule has 0 unspecified atom stereocenters. The molecule has 1 N–H and O–H groups in total. The third-order valence-electron chi connectivity index (χ3n) is 4.22. The summed E-state index contributed by atoms with van der Waals surface area (Å²) in [7, 11) is 0. The second-order valence-electron chi connectivity index (χ2n) is 6.20. The molecule has 0 saturated carbocycles. The smallest absolute Gasteiger partial charge is 0.295 e. The van der Waals surface area contributed by atoms with Gasteiger partial charge < -0.3 is 5.32 Å². The maximum Gasteiger partial charge on any atom is 0.295 e. The van der Waals surface area contributed by atoms with E-state index < -0.39 is 10.8 Å². The summed E-state index contributed by atoms with van der Waals surface area (Å²) in [6.07, 6.45) is 0. The maximum atomic E-state index is 12.7. The van der Waals surface area contributed by atoms with Crippen molar-refractivity contribution in [2.24, 2.45) is 0 Å². The largest absolute Gasteiger partial charge is 0.319 e. The van der Waals surface area contributed by atoms with Crippen LogP contribution in [0.1, 0.15) is 16.2 Å². The van der Waals surface area contributed by atoms with Gasteiger partial charge in [-0.2, -0.15) is 0 Å². The molecule has 2 aromatic heterocycles. The molecule has 0 aliphatic carbocycles. The Bertz CT molecular complexity index is 1190. The minimum atomic E-state index is -0.546. The number of nitrogens with one attached hydrogen (secondary N) is 1. The molecule has 29 heavy (non-hydrogen) atoms. The number of anilines is 1. The molecular weight excluding hydrogens is 390 g/mol. The summed E-state index contributed by atoms with van der Waals surface area (Å²) in [5.74, 6) is -0.0256. The zero-order valence-electron chi connectivity index (χ0n) is 15.3. The highest BCUT2D eigenvalue weighted by Crippen LogP contribution is 2.26. The Morgan fingerprint density at radius 2 is 1.93 bits per heavy atom. The van der Waals surface area contributed by atoms with Gasteiger partial charge in [-0.15, -0.1) is 16.4 Å². The van der Waals surface area contributed by atoms with E-state index in [0.29, 0.717) is 17.1 Å². The zero-order valence-corrected chi connectivity index (χ0v) is 16.1. The predicted octanol–water partition coefficient (Wildman–Crippen LogP) is 4.46. The highest BCUT2D eigenvalue weighted by Gasteiger charge is 2.20. The summed E-state index contributed by atoms with van der Waals surface area (Å²) in [6, 6.07) is 17.7. The van der Waals surface area contributed by atoms with Crippen LogP contribution in [0, 0.1) is 17.0 Å². The number of nitro groups is 1. The minimum Gasteiger partial charge on any atom is -0.319 e. The van der Waals surface area contributed by atoms with Crippen LogP contribution in [0.25, 0.3) is 16.4 Å². The zero-order chi connectivity index (χ0) is 20.4. The first-order valence-corrected chi connectivity index (χ1v) is 9.53. The van der Waals surface area contributed by atoms with Crippen LogP contribution in [0.2, 0.25) is 0 Å². The molecule has 8 nitrogen and oxygen atoms in total. The van der Waals surface area contributed by atoms with Gasteiger partial charge in [-0.05, 0) is 36.6 Å². The lowest BCUT2D eigenvalue weighted by molar-refractivity contribution is -0.385. The highest BCUT2D eigenvalue weighted by atomic mass is 32.1. The fraction of sp³-hybridized carbons (Fsp3) is 0.0500. The van der Waals surface area contributed by atoms with Crippen LogP contribution < -0.4 is 5.32 Å². The molecular formula is C20H15N5O3S. The van der Waals surface area contributed by atoms with E-state index in [9.17, 15) is 14.9 Å². The molecule has 1 amide bonds. The molecule has 0 bridgehead atoms. The van der Waals surface area contributed by atoms with Crippen LogP contribution in [0.3, 0.4) is 0 Å². The standard InChI is InChI=1S/C20H15N5O3S/c1-13-9-10-14(12-16(13)25(27)28)21-20(26)18-22-19(17-8-5-11-29-17)24(23-18)15-6-3-2-4-7-15/h2-12H,1H3,(H,21,26). The molecule has 2 aromatic carbocycles. The van der Waals surface area contributed by atoms with Crippen LogP contribution in [0.5, 0.6) is 0 Å². The van der Waals surface area contributed by atoms with E-state index in [2.05, 4.69) is 15.4 Å². The SMILES string of the molecule is Cc1ccc(NC(=O)c2nc(-c3cccs3)n(-c3ccccc3)n2)cc1[N+](=O)[O-]. The van der Waals surface area contributed by atoms with Crippen molar-refractivity contribution < 1.29 is 9.72 Å². The van der Waals surface area contributed by atoms with Crippen molar-refractivity contribution in [2.75, 3.05) is 5.32 Å². The predicted molar refractivity (Wildman–Crippen MR) is 110 cm³/mol. The molecule has 0 radical (unpaired) electrons. The Hall–Kier alpha value is -3.85. The summed E-state index contributed by atoms with van der Waals surface area (Å²) < 4.78 is 1.61. The number of aryl methyl sites for hydroxylation is 1. The Balaban J connectivity index is 1.69. The van der Waals surface area contributed by atoms with Crippen LogP contribution >= 0.6 is 11.3 Å². The number of nitro benzene ring substituents is 1. The van der Waals surface area contributed by atoms with Gasteiger partial charge in [0, 0.05) is 17.3 Å². The van der Waals surface area contributed by atoms with Gasteiger partial charge in [0.2, 0.25) is 5.82 Å². The molecule has 4 rings (SSSR count). The lowest BCUT2D eigenvalue weighted by Crippen LogP contribution is -2.14. The first kappa shape index (κ1) is 18.5. The summed E-state index contributed by atoms with van der Waals surface area (Å²) in [5.41, 5.74) is 1.53. The van der Waals surface area contributed by atoms with Crippen LogP contribution in [-0.4, -0.2) is 25.6 Å². The van der Waals surface area contributed by atoms with Crippen LogP contribution in [0.4, 0.5) is 11.4 Å². The summed E-state index contributed by atoms with van der Waals surface area (Å²) >= 11 is 1.49. The molecule has 0 spiro atoms. The lowest BCUT2D eigenvalue weighted by atomic mass is 10.2. The molecule has 9 heteroatoms. The Labute approximate surface area is 169 Å². The van der Waals surface area contributed by atoms with Crippen molar-refractivity contribution in [2.45, 2.75) is 6.92 Å². The number of hydrogen-bond donors (Lipinski definition) is 1. The van der Waals surface area contributed by atoms with Crippen molar-refractivity contribution in [3.05, 3.63) is 87.5 Å². The Morgan fingerprint density at radius 3 is 2.62 bits per heavy atom. The summed E-state index contributed by atoms with van der Waals surface area (Å²) in [6.45, 7) is 1.64. The Kier molecular flexibility index (Phi) is 4.88. The van der Waals surface area contributed by atoms with E-state index in [1.807, 2.05) is 47.8 Å². The third-order valence-corrected chi connectivity index (χ3v) is 5.08. The normalized spacial score (nSPS) is 10.7. The monoisotopic (exact) mass is 405 g/mol. The molecule has 144 valence electrons. The topological polar surface area (TPSA) is 103 Å². The fourth-order valence-corrected chi connectivity index (χ4v) is 3.49. The van der Waals surface area contributed by atoms with Crippen LogP contribution in [-0.2, 0) is 0 Å². The molecule has 2 heterocycles. The average molecular weight is 405 g/mol. The first-order valence-electron chi connectivity index (χ1n) is 8.65. The van der Waals surface area contributed by atoms with E-state index >= 15 is 0 Å². The van der Waals surface area contributed by atoms with E-state index in [0.717, 1.165) is 10.6 Å². The first-order chi connectivity index (χ1) is 14.0. The van der Waals surface area contributed by atoms with Crippen molar-refractivity contribution in [3.63, 3.8) is 0 Å². The number of para-hydroxylation sites is 1. The molecule has 0 atom stereocenters. The van der Waals surface area contributed by atoms with E-state index in [1.165, 1.54) is 17.4 Å². The second-order valence-corrected chi connectivity index (χ2v) is 7.14. The number of carbonyl (C=O) groups excluding carboxylic acids is 1. The average Bonchev–Trinajstić information content (AvgIpc) is 3.39. The van der Waals surface area contributed by atoms with Gasteiger partial charge in [0.05, 0.1) is 15.5 Å². The van der Waals surface area contributed by atoms with E-state index in [1.54, 1.807) is 23.7 Å². The third kappa shape index (κ3) is 3.76. The van der Waals surface area contributed by atoms with Gasteiger partial charge >= 0.3 is 0 Å². The van der Waals surface area contributed by atoms with Gasteiger partial charge in [0.15, 0.2) is 5.82 Å². The molecule has 0 fully saturated rings. The number of amides is 1. The van der Waals surface area contributed by atoms with Gasteiger partial charge in [-0.25, -0.2) is 9.67 Å². The van der Waals surface area contributed by atoms with Crippen LogP contribution in [0.15, 0.2) is 66.0 Å².